The van der Waals surface area contributed by atoms with Gasteiger partial charge < -0.3 is 28.9 Å². The number of halogens is 1. The zero-order valence-electron chi connectivity index (χ0n) is 21.8. The quantitative estimate of drug-likeness (QED) is 0.395. The van der Waals surface area contributed by atoms with Crippen LogP contribution in [0.2, 0.25) is 0 Å². The van der Waals surface area contributed by atoms with Crippen LogP contribution in [0.25, 0.3) is 33.1 Å². The number of anilines is 1. The molecular formula is C28H29FN6O4. The average molecular weight is 533 g/mol. The maximum absolute atomic E-state index is 16.4. The van der Waals surface area contributed by atoms with E-state index in [4.69, 9.17) is 14.5 Å². The molecule has 0 bridgehead atoms. The summed E-state index contributed by atoms with van der Waals surface area (Å²) in [7, 11) is 0. The van der Waals surface area contributed by atoms with Crippen molar-refractivity contribution >= 4 is 33.8 Å². The van der Waals surface area contributed by atoms with Crippen LogP contribution in [0.3, 0.4) is 0 Å². The maximum Gasteiger partial charge on any atom is 0.407 e. The Kier molecular flexibility index (Phi) is 5.58. The smallest absolute Gasteiger partial charge is 0.407 e. The standard InChI is InChI=1S/C28H29FN6O4/c1-15-6-7-19-25(32-14-35(19)21-5-3-4-8-38-21)22(15)18-9-20-23-26(24(18)29)30-13-31-27(23)34-10-16(2)33(28(36)37)11-17(34)12-39-20/h6-7,9,13-14,16-17,21H,3-5,8,10-12H2,1-2H3,(H,36,37)/t16-,17+,21?/m1/s1. The van der Waals surface area contributed by atoms with Gasteiger partial charge in [-0.05, 0) is 50.8 Å². The van der Waals surface area contributed by atoms with Crippen LogP contribution in [0.5, 0.6) is 5.75 Å². The van der Waals surface area contributed by atoms with Crippen LogP contribution >= 0.6 is 0 Å². The molecule has 3 aliphatic heterocycles. The maximum atomic E-state index is 16.4. The van der Waals surface area contributed by atoms with Gasteiger partial charge in [-0.15, -0.1) is 0 Å². The van der Waals surface area contributed by atoms with Gasteiger partial charge in [-0.3, -0.25) is 0 Å². The van der Waals surface area contributed by atoms with Crippen molar-refractivity contribution in [3.8, 4) is 16.9 Å². The van der Waals surface area contributed by atoms with E-state index in [0.717, 1.165) is 30.3 Å². The lowest BCUT2D eigenvalue weighted by Gasteiger charge is -2.43. The number of amides is 1. The van der Waals surface area contributed by atoms with E-state index in [9.17, 15) is 9.90 Å². The minimum atomic E-state index is -0.966. The lowest BCUT2D eigenvalue weighted by Crippen LogP contribution is -2.60. The summed E-state index contributed by atoms with van der Waals surface area (Å²) < 4.78 is 30.7. The van der Waals surface area contributed by atoms with Crippen molar-refractivity contribution in [2.24, 2.45) is 0 Å². The molecule has 1 N–H and O–H groups in total. The number of rotatable bonds is 2. The summed E-state index contributed by atoms with van der Waals surface area (Å²) in [4.78, 5) is 28.9. The van der Waals surface area contributed by atoms with Gasteiger partial charge in [0, 0.05) is 36.9 Å². The summed E-state index contributed by atoms with van der Waals surface area (Å²) in [6, 6.07) is 5.20. The van der Waals surface area contributed by atoms with Gasteiger partial charge in [-0.25, -0.2) is 24.1 Å². The van der Waals surface area contributed by atoms with Crippen molar-refractivity contribution in [2.75, 3.05) is 31.2 Å². The van der Waals surface area contributed by atoms with E-state index in [1.54, 1.807) is 12.4 Å². The second-order valence-electron chi connectivity index (χ2n) is 10.7. The SMILES string of the molecule is Cc1ccc2c(ncn2C2CCCCO2)c1-c1cc2c3c(ncnc3c1F)N1C[C@@H](C)N(C(=O)O)C[C@H]1CO2. The average Bonchev–Trinajstić information content (AvgIpc) is 3.31. The van der Waals surface area contributed by atoms with Crippen molar-refractivity contribution in [2.45, 2.75) is 51.4 Å². The molecule has 4 aromatic rings. The number of hydrogen-bond acceptors (Lipinski definition) is 7. The molecule has 0 radical (unpaired) electrons. The summed E-state index contributed by atoms with van der Waals surface area (Å²) in [5, 5.41) is 10.2. The van der Waals surface area contributed by atoms with Crippen LogP contribution in [0, 0.1) is 12.7 Å². The molecule has 0 aliphatic carbocycles. The monoisotopic (exact) mass is 532 g/mol. The molecule has 2 aromatic carbocycles. The number of benzene rings is 2. The van der Waals surface area contributed by atoms with Crippen LogP contribution in [0.15, 0.2) is 30.9 Å². The molecule has 2 fully saturated rings. The third kappa shape index (κ3) is 3.70. The summed E-state index contributed by atoms with van der Waals surface area (Å²) in [5.41, 5.74) is 3.69. The molecule has 2 saturated heterocycles. The number of imidazole rings is 1. The Morgan fingerprint density at radius 1 is 1.15 bits per heavy atom. The van der Waals surface area contributed by atoms with Gasteiger partial charge in [0.05, 0.1) is 28.8 Å². The fourth-order valence-electron chi connectivity index (χ4n) is 6.28. The highest BCUT2D eigenvalue weighted by molar-refractivity contribution is 6.02. The Bertz CT molecular complexity index is 1620. The number of nitrogens with zero attached hydrogens (tertiary/aromatic N) is 6. The van der Waals surface area contributed by atoms with Crippen molar-refractivity contribution in [1.82, 2.24) is 24.4 Å². The molecule has 7 rings (SSSR count). The molecule has 2 aromatic heterocycles. The molecule has 3 aliphatic rings. The number of fused-ring (bicyclic) bond motifs is 3. The Morgan fingerprint density at radius 3 is 2.82 bits per heavy atom. The van der Waals surface area contributed by atoms with Crippen LogP contribution in [-0.2, 0) is 4.74 Å². The van der Waals surface area contributed by atoms with E-state index in [-0.39, 0.29) is 37.0 Å². The van der Waals surface area contributed by atoms with Gasteiger partial charge in [-0.1, -0.05) is 6.07 Å². The number of piperazine rings is 1. The highest BCUT2D eigenvalue weighted by Gasteiger charge is 2.39. The second kappa shape index (κ2) is 9.04. The van der Waals surface area contributed by atoms with E-state index in [1.165, 1.54) is 11.2 Å². The number of hydrogen-bond donors (Lipinski definition) is 1. The van der Waals surface area contributed by atoms with Crippen LogP contribution in [-0.4, -0.2) is 74.0 Å². The van der Waals surface area contributed by atoms with E-state index in [1.807, 2.05) is 35.4 Å². The topological polar surface area (TPSA) is 106 Å². The van der Waals surface area contributed by atoms with Gasteiger partial charge >= 0.3 is 6.09 Å². The number of carboxylic acid groups (broad SMARTS) is 1. The Balaban J connectivity index is 1.38. The molecule has 0 spiro atoms. The van der Waals surface area contributed by atoms with Gasteiger partial charge in [0.15, 0.2) is 5.82 Å². The lowest BCUT2D eigenvalue weighted by atomic mass is 9.96. The van der Waals surface area contributed by atoms with Gasteiger partial charge in [0.25, 0.3) is 0 Å². The van der Waals surface area contributed by atoms with Crippen molar-refractivity contribution in [3.63, 3.8) is 0 Å². The van der Waals surface area contributed by atoms with E-state index < -0.39 is 11.9 Å². The summed E-state index contributed by atoms with van der Waals surface area (Å²) in [6.07, 6.45) is 5.14. The van der Waals surface area contributed by atoms with E-state index in [0.29, 0.717) is 46.7 Å². The van der Waals surface area contributed by atoms with Crippen LogP contribution in [0.1, 0.15) is 38.0 Å². The molecule has 1 unspecified atom stereocenters. The fourth-order valence-corrected chi connectivity index (χ4v) is 6.28. The van der Waals surface area contributed by atoms with Crippen molar-refractivity contribution in [3.05, 3.63) is 42.2 Å². The summed E-state index contributed by atoms with van der Waals surface area (Å²) in [6.45, 7) is 5.45. The lowest BCUT2D eigenvalue weighted by molar-refractivity contribution is -0.0295. The zero-order chi connectivity index (χ0) is 26.8. The molecule has 11 heteroatoms. The molecule has 3 atom stereocenters. The number of carbonyl (C=O) groups is 1. The van der Waals surface area contributed by atoms with Gasteiger partial charge in [0.2, 0.25) is 0 Å². The molecule has 0 saturated carbocycles. The fraction of sp³-hybridized carbons (Fsp3) is 0.429. The normalized spacial score (nSPS) is 23.0. The minimum Gasteiger partial charge on any atom is -0.490 e. The molecule has 10 nitrogen and oxygen atoms in total. The first-order valence-corrected chi connectivity index (χ1v) is 13.4. The predicted octanol–water partition coefficient (Wildman–Crippen LogP) is 4.74. The van der Waals surface area contributed by atoms with E-state index in [2.05, 4.69) is 9.97 Å². The predicted molar refractivity (Wildman–Crippen MR) is 143 cm³/mol. The first-order valence-electron chi connectivity index (χ1n) is 13.4. The highest BCUT2D eigenvalue weighted by Crippen LogP contribution is 2.44. The highest BCUT2D eigenvalue weighted by atomic mass is 19.1. The number of ether oxygens (including phenoxy) is 2. The molecular weight excluding hydrogens is 503 g/mol. The Labute approximate surface area is 224 Å². The third-order valence-corrected chi connectivity index (χ3v) is 8.27. The largest absolute Gasteiger partial charge is 0.490 e. The first-order chi connectivity index (χ1) is 18.9. The zero-order valence-corrected chi connectivity index (χ0v) is 21.8. The Hall–Kier alpha value is -3.99. The second-order valence-corrected chi connectivity index (χ2v) is 10.7. The molecule has 1 amide bonds. The number of aromatic nitrogens is 4. The summed E-state index contributed by atoms with van der Waals surface area (Å²) >= 11 is 0. The molecule has 202 valence electrons. The van der Waals surface area contributed by atoms with Crippen LogP contribution < -0.4 is 9.64 Å². The number of aryl methyl sites for hydroxylation is 1. The molecule has 5 heterocycles. The minimum absolute atomic E-state index is 0.0887. The van der Waals surface area contributed by atoms with Gasteiger partial charge in [-0.2, -0.15) is 0 Å². The Morgan fingerprint density at radius 2 is 2.03 bits per heavy atom. The third-order valence-electron chi connectivity index (χ3n) is 8.27. The van der Waals surface area contributed by atoms with E-state index >= 15 is 4.39 Å². The summed E-state index contributed by atoms with van der Waals surface area (Å²) in [5.74, 6) is 0.580. The van der Waals surface area contributed by atoms with Crippen LogP contribution in [0.4, 0.5) is 15.0 Å². The first kappa shape index (κ1) is 24.1. The van der Waals surface area contributed by atoms with Crippen molar-refractivity contribution in [1.29, 1.82) is 0 Å². The van der Waals surface area contributed by atoms with Crippen molar-refractivity contribution < 1.29 is 23.8 Å². The molecule has 39 heavy (non-hydrogen) atoms. The van der Waals surface area contributed by atoms with Gasteiger partial charge in [0.1, 0.15) is 36.2 Å².